The molecule has 1 atom stereocenters. The van der Waals surface area contributed by atoms with E-state index in [1.165, 1.54) is 12.1 Å². The Balaban J connectivity index is 1.22. The molecule has 8 heteroatoms. The van der Waals surface area contributed by atoms with Gasteiger partial charge in [-0.05, 0) is 43.2 Å². The van der Waals surface area contributed by atoms with Gasteiger partial charge in [-0.2, -0.15) is 0 Å². The molecule has 31 heavy (non-hydrogen) atoms. The number of fused-ring (bicyclic) bond motifs is 1. The van der Waals surface area contributed by atoms with E-state index in [1.807, 2.05) is 17.2 Å². The zero-order valence-electron chi connectivity index (χ0n) is 17.3. The lowest BCUT2D eigenvalue weighted by molar-refractivity contribution is -0.136. The molecule has 3 aromatic rings. The minimum Gasteiger partial charge on any atom is -0.369 e. The molecule has 0 spiro atoms. The number of pyridine rings is 1. The van der Waals surface area contributed by atoms with Crippen molar-refractivity contribution in [3.05, 3.63) is 54.7 Å². The average molecular weight is 420 g/mol. The van der Waals surface area contributed by atoms with Crippen molar-refractivity contribution in [1.82, 2.24) is 19.9 Å². The zero-order valence-corrected chi connectivity index (χ0v) is 17.3. The summed E-state index contributed by atoms with van der Waals surface area (Å²) in [5, 5.41) is 0. The fraction of sp³-hybridized carbons (Fsp3) is 0.391. The molecule has 0 aliphatic carbocycles. The summed E-state index contributed by atoms with van der Waals surface area (Å²) < 4.78 is 13.2. The summed E-state index contributed by atoms with van der Waals surface area (Å²) in [7, 11) is 0. The molecule has 4 heterocycles. The van der Waals surface area contributed by atoms with Gasteiger partial charge in [-0.15, -0.1) is 0 Å². The maximum atomic E-state index is 13.2. The van der Waals surface area contributed by atoms with Gasteiger partial charge in [0.1, 0.15) is 11.3 Å². The second-order valence-electron chi connectivity index (χ2n) is 8.17. The molecule has 160 valence electrons. The number of carbonyl (C=O) groups is 1. The van der Waals surface area contributed by atoms with E-state index >= 15 is 0 Å². The number of nitrogens with zero attached hydrogens (tertiary/aromatic N) is 6. The molecule has 2 aliphatic rings. The molecule has 0 saturated carbocycles. The van der Waals surface area contributed by atoms with Gasteiger partial charge in [-0.3, -0.25) is 9.78 Å². The summed E-state index contributed by atoms with van der Waals surface area (Å²) in [5.74, 6) is -0.00579. The number of amides is 1. The predicted molar refractivity (Wildman–Crippen MR) is 117 cm³/mol. The third-order valence-electron chi connectivity index (χ3n) is 6.23. The first-order valence-corrected chi connectivity index (χ1v) is 10.8. The number of piperazine rings is 1. The summed E-state index contributed by atoms with van der Waals surface area (Å²) in [5.41, 5.74) is 3.40. The first-order chi connectivity index (χ1) is 15.2. The molecule has 2 aromatic heterocycles. The van der Waals surface area contributed by atoms with Gasteiger partial charge in [0.05, 0.1) is 17.8 Å². The van der Waals surface area contributed by atoms with E-state index in [1.54, 1.807) is 24.5 Å². The van der Waals surface area contributed by atoms with Crippen LogP contribution in [0.4, 0.5) is 15.8 Å². The van der Waals surface area contributed by atoms with Crippen LogP contribution in [0.5, 0.6) is 0 Å². The van der Waals surface area contributed by atoms with Crippen molar-refractivity contribution in [3.8, 4) is 0 Å². The Morgan fingerprint density at radius 1 is 0.903 bits per heavy atom. The van der Waals surface area contributed by atoms with Crippen molar-refractivity contribution < 1.29 is 9.18 Å². The molecule has 2 aliphatic heterocycles. The highest BCUT2D eigenvalue weighted by molar-refractivity contribution is 5.80. The van der Waals surface area contributed by atoms with Crippen LogP contribution < -0.4 is 9.80 Å². The number of rotatable bonds is 3. The van der Waals surface area contributed by atoms with Crippen molar-refractivity contribution in [2.45, 2.75) is 12.8 Å². The molecule has 1 amide bonds. The fourth-order valence-electron chi connectivity index (χ4n) is 4.53. The number of piperidine rings is 1. The van der Waals surface area contributed by atoms with Crippen molar-refractivity contribution in [3.63, 3.8) is 0 Å². The molecular formula is C23H25FN6O. The Labute approximate surface area is 180 Å². The summed E-state index contributed by atoms with van der Waals surface area (Å²) >= 11 is 0. The van der Waals surface area contributed by atoms with Gasteiger partial charge >= 0.3 is 0 Å². The standard InChI is InChI=1S/C23H25FN6O/c24-18-3-5-19(6-4-18)28-10-12-29(13-11-28)23(31)17-2-1-9-30(16-17)20-14-21-22(27-15-20)26-8-7-25-21/h3-8,14-15,17H,1-2,9-13,16H2. The highest BCUT2D eigenvalue weighted by Crippen LogP contribution is 2.26. The normalized spacial score (nSPS) is 19.6. The van der Waals surface area contributed by atoms with Crippen molar-refractivity contribution >= 4 is 28.4 Å². The lowest BCUT2D eigenvalue weighted by Crippen LogP contribution is -2.52. The van der Waals surface area contributed by atoms with E-state index in [0.717, 1.165) is 49.4 Å². The molecule has 1 unspecified atom stereocenters. The monoisotopic (exact) mass is 420 g/mol. The molecule has 2 saturated heterocycles. The molecule has 0 N–H and O–H groups in total. The average Bonchev–Trinajstić information content (AvgIpc) is 2.84. The molecule has 7 nitrogen and oxygen atoms in total. The van der Waals surface area contributed by atoms with Gasteiger partial charge in [0.15, 0.2) is 5.65 Å². The van der Waals surface area contributed by atoms with E-state index in [0.29, 0.717) is 25.3 Å². The quantitative estimate of drug-likeness (QED) is 0.649. The maximum Gasteiger partial charge on any atom is 0.227 e. The van der Waals surface area contributed by atoms with Gasteiger partial charge < -0.3 is 14.7 Å². The van der Waals surface area contributed by atoms with Crippen LogP contribution in [-0.4, -0.2) is 65.0 Å². The molecule has 5 rings (SSSR count). The summed E-state index contributed by atoms with van der Waals surface area (Å²) in [6.45, 7) is 4.53. The van der Waals surface area contributed by atoms with Crippen LogP contribution in [0.25, 0.3) is 11.2 Å². The van der Waals surface area contributed by atoms with Crippen LogP contribution >= 0.6 is 0 Å². The summed E-state index contributed by atoms with van der Waals surface area (Å²) in [6, 6.07) is 8.57. The number of hydrogen-bond acceptors (Lipinski definition) is 6. The molecule has 1 aromatic carbocycles. The zero-order chi connectivity index (χ0) is 21.2. The Bertz CT molecular complexity index is 1070. The summed E-state index contributed by atoms with van der Waals surface area (Å²) in [4.78, 5) is 32.6. The number of carbonyl (C=O) groups excluding carboxylic acids is 1. The molecule has 0 radical (unpaired) electrons. The van der Waals surface area contributed by atoms with Crippen LogP contribution in [0.1, 0.15) is 12.8 Å². The minimum absolute atomic E-state index is 0.0105. The third kappa shape index (κ3) is 4.15. The number of benzene rings is 1. The van der Waals surface area contributed by atoms with Gasteiger partial charge in [0, 0.05) is 57.3 Å². The topological polar surface area (TPSA) is 65.5 Å². The first-order valence-electron chi connectivity index (χ1n) is 10.8. The highest BCUT2D eigenvalue weighted by atomic mass is 19.1. The Hall–Kier alpha value is -3.29. The van der Waals surface area contributed by atoms with Crippen molar-refractivity contribution in [2.24, 2.45) is 5.92 Å². The predicted octanol–water partition coefficient (Wildman–Crippen LogP) is 2.73. The van der Waals surface area contributed by atoms with E-state index in [4.69, 9.17) is 0 Å². The van der Waals surface area contributed by atoms with E-state index in [9.17, 15) is 9.18 Å². The maximum absolute atomic E-state index is 13.2. The number of aromatic nitrogens is 3. The van der Waals surface area contributed by atoms with Gasteiger partial charge in [-0.1, -0.05) is 0 Å². The Morgan fingerprint density at radius 3 is 2.48 bits per heavy atom. The van der Waals surface area contributed by atoms with E-state index in [-0.39, 0.29) is 17.6 Å². The van der Waals surface area contributed by atoms with Gasteiger partial charge in [-0.25, -0.2) is 14.4 Å². The van der Waals surface area contributed by atoms with Crippen molar-refractivity contribution in [1.29, 1.82) is 0 Å². The largest absolute Gasteiger partial charge is 0.369 e. The lowest BCUT2D eigenvalue weighted by Gasteiger charge is -2.40. The van der Waals surface area contributed by atoms with Crippen LogP contribution in [0.2, 0.25) is 0 Å². The van der Waals surface area contributed by atoms with Gasteiger partial charge in [0.25, 0.3) is 0 Å². The van der Waals surface area contributed by atoms with Crippen molar-refractivity contribution in [2.75, 3.05) is 49.1 Å². The summed E-state index contributed by atoms with van der Waals surface area (Å²) in [6.07, 6.45) is 7.02. The molecular weight excluding hydrogens is 395 g/mol. The first kappa shape index (κ1) is 19.7. The smallest absolute Gasteiger partial charge is 0.227 e. The number of hydrogen-bond donors (Lipinski definition) is 0. The second kappa shape index (κ2) is 8.45. The highest BCUT2D eigenvalue weighted by Gasteiger charge is 2.31. The lowest BCUT2D eigenvalue weighted by atomic mass is 9.95. The van der Waals surface area contributed by atoms with E-state index in [2.05, 4.69) is 24.8 Å². The molecule has 0 bridgehead atoms. The Morgan fingerprint density at radius 2 is 1.68 bits per heavy atom. The second-order valence-corrected chi connectivity index (χ2v) is 8.17. The number of anilines is 2. The van der Waals surface area contributed by atoms with Crippen LogP contribution in [0, 0.1) is 11.7 Å². The van der Waals surface area contributed by atoms with Crippen LogP contribution in [-0.2, 0) is 4.79 Å². The third-order valence-corrected chi connectivity index (χ3v) is 6.23. The van der Waals surface area contributed by atoms with Crippen LogP contribution in [0.15, 0.2) is 48.9 Å². The van der Waals surface area contributed by atoms with Gasteiger partial charge in [0.2, 0.25) is 5.91 Å². The number of halogens is 1. The fourth-order valence-corrected chi connectivity index (χ4v) is 4.53. The van der Waals surface area contributed by atoms with Crippen LogP contribution in [0.3, 0.4) is 0 Å². The Kier molecular flexibility index (Phi) is 5.36. The van der Waals surface area contributed by atoms with E-state index < -0.39 is 0 Å². The SMILES string of the molecule is O=C(C1CCCN(c2cnc3nccnc3c2)C1)N1CCN(c2ccc(F)cc2)CC1. The minimum atomic E-state index is -0.229. The molecule has 2 fully saturated rings.